The molecule has 0 bridgehead atoms. The molecule has 0 fully saturated rings. The van der Waals surface area contributed by atoms with Crippen LogP contribution in [0.2, 0.25) is 0 Å². The summed E-state index contributed by atoms with van der Waals surface area (Å²) in [6, 6.07) is 8.08. The van der Waals surface area contributed by atoms with E-state index in [1.807, 2.05) is 32.9 Å². The first-order valence-corrected chi connectivity index (χ1v) is 7.03. The Balaban J connectivity index is 1.80. The van der Waals surface area contributed by atoms with Crippen molar-refractivity contribution in [3.8, 4) is 0 Å². The topological polar surface area (TPSA) is 58.6 Å². The summed E-state index contributed by atoms with van der Waals surface area (Å²) >= 11 is 0. The number of carbonyl (C=O) groups excluding carboxylic acids is 1. The lowest BCUT2D eigenvalue weighted by atomic mass is 9.96. The Labute approximate surface area is 120 Å². The number of amides is 1. The lowest BCUT2D eigenvalue weighted by Crippen LogP contribution is -2.38. The summed E-state index contributed by atoms with van der Waals surface area (Å²) in [5.41, 5.74) is 1.16. The Kier molecular flexibility index (Phi) is 4.04. The molecular weight excluding hydrogens is 254 g/mol. The minimum absolute atomic E-state index is 0.416. The summed E-state index contributed by atoms with van der Waals surface area (Å²) in [7, 11) is 0. The van der Waals surface area contributed by atoms with E-state index in [4.69, 9.17) is 4.74 Å². The molecule has 4 nitrogen and oxygen atoms in total. The molecule has 0 aromatic heterocycles. The first-order valence-electron chi connectivity index (χ1n) is 7.03. The standard InChI is InChI=1S/C16H23NO3/c1-15(2,3)20-14(18)17-9-8-16(19)10-12-6-4-5-7-13(12)11-16/h4-7,19H,8-11H2,1-3H3,(H,17,18). The Bertz CT molecular complexity index is 466. The van der Waals surface area contributed by atoms with Crippen LogP contribution < -0.4 is 5.32 Å². The van der Waals surface area contributed by atoms with E-state index in [9.17, 15) is 9.90 Å². The smallest absolute Gasteiger partial charge is 0.407 e. The van der Waals surface area contributed by atoms with Crippen molar-refractivity contribution in [2.24, 2.45) is 0 Å². The van der Waals surface area contributed by atoms with Gasteiger partial charge in [0.05, 0.1) is 5.60 Å². The van der Waals surface area contributed by atoms with E-state index in [0.717, 1.165) is 0 Å². The van der Waals surface area contributed by atoms with Gasteiger partial charge in [0, 0.05) is 19.4 Å². The van der Waals surface area contributed by atoms with Crippen LogP contribution in [0.1, 0.15) is 38.3 Å². The molecule has 0 saturated heterocycles. The number of hydrogen-bond acceptors (Lipinski definition) is 3. The number of fused-ring (bicyclic) bond motifs is 1. The summed E-state index contributed by atoms with van der Waals surface area (Å²) in [5.74, 6) is 0. The largest absolute Gasteiger partial charge is 0.444 e. The van der Waals surface area contributed by atoms with Crippen molar-refractivity contribution in [1.82, 2.24) is 5.32 Å². The van der Waals surface area contributed by atoms with Crippen molar-refractivity contribution >= 4 is 6.09 Å². The molecule has 0 saturated carbocycles. The molecule has 1 aromatic rings. The van der Waals surface area contributed by atoms with Crippen LogP contribution in [0.25, 0.3) is 0 Å². The van der Waals surface area contributed by atoms with Crippen molar-refractivity contribution in [2.45, 2.75) is 51.2 Å². The molecule has 0 atom stereocenters. The average molecular weight is 277 g/mol. The number of ether oxygens (including phenoxy) is 1. The number of carbonyl (C=O) groups is 1. The zero-order chi connectivity index (χ0) is 14.8. The predicted molar refractivity (Wildman–Crippen MR) is 77.7 cm³/mol. The van der Waals surface area contributed by atoms with E-state index >= 15 is 0 Å². The van der Waals surface area contributed by atoms with Gasteiger partial charge in [-0.1, -0.05) is 24.3 Å². The zero-order valence-electron chi connectivity index (χ0n) is 12.4. The van der Waals surface area contributed by atoms with Crippen LogP contribution in [0, 0.1) is 0 Å². The number of alkyl carbamates (subject to hydrolysis) is 1. The molecule has 0 spiro atoms. The van der Waals surface area contributed by atoms with E-state index < -0.39 is 17.3 Å². The predicted octanol–water partition coefficient (Wildman–Crippen LogP) is 2.43. The van der Waals surface area contributed by atoms with Gasteiger partial charge in [-0.05, 0) is 38.3 Å². The maximum Gasteiger partial charge on any atom is 0.407 e. The van der Waals surface area contributed by atoms with E-state index in [1.54, 1.807) is 0 Å². The highest BCUT2D eigenvalue weighted by Crippen LogP contribution is 2.31. The van der Waals surface area contributed by atoms with Crippen LogP contribution >= 0.6 is 0 Å². The van der Waals surface area contributed by atoms with Crippen molar-refractivity contribution in [2.75, 3.05) is 6.54 Å². The number of benzene rings is 1. The lowest BCUT2D eigenvalue weighted by Gasteiger charge is -2.23. The molecule has 2 N–H and O–H groups in total. The molecule has 0 radical (unpaired) electrons. The first-order chi connectivity index (χ1) is 9.27. The van der Waals surface area contributed by atoms with Crippen molar-refractivity contribution < 1.29 is 14.6 Å². The SMILES string of the molecule is CC(C)(C)OC(=O)NCCC1(O)Cc2ccccc2C1. The van der Waals surface area contributed by atoms with Gasteiger partial charge in [0.15, 0.2) is 0 Å². The van der Waals surface area contributed by atoms with Crippen molar-refractivity contribution in [3.63, 3.8) is 0 Å². The van der Waals surface area contributed by atoms with Gasteiger partial charge in [0.1, 0.15) is 5.60 Å². The van der Waals surface area contributed by atoms with Gasteiger partial charge in [-0.3, -0.25) is 0 Å². The fourth-order valence-corrected chi connectivity index (χ4v) is 2.56. The highest BCUT2D eigenvalue weighted by molar-refractivity contribution is 5.67. The van der Waals surface area contributed by atoms with Crippen molar-refractivity contribution in [1.29, 1.82) is 0 Å². The van der Waals surface area contributed by atoms with Crippen LogP contribution in [-0.2, 0) is 17.6 Å². The van der Waals surface area contributed by atoms with Crippen LogP contribution in [0.3, 0.4) is 0 Å². The molecule has 20 heavy (non-hydrogen) atoms. The highest BCUT2D eigenvalue weighted by atomic mass is 16.6. The number of nitrogens with one attached hydrogen (secondary N) is 1. The molecule has 0 aliphatic heterocycles. The van der Waals surface area contributed by atoms with Gasteiger partial charge >= 0.3 is 6.09 Å². The van der Waals surface area contributed by atoms with E-state index in [1.165, 1.54) is 11.1 Å². The third kappa shape index (κ3) is 3.97. The van der Waals surface area contributed by atoms with Crippen molar-refractivity contribution in [3.05, 3.63) is 35.4 Å². The monoisotopic (exact) mass is 277 g/mol. The fraction of sp³-hybridized carbons (Fsp3) is 0.562. The Morgan fingerprint density at radius 3 is 2.35 bits per heavy atom. The van der Waals surface area contributed by atoms with Gasteiger partial charge in [0.2, 0.25) is 0 Å². The molecule has 1 aliphatic carbocycles. The van der Waals surface area contributed by atoms with Crippen LogP contribution in [-0.4, -0.2) is 28.9 Å². The van der Waals surface area contributed by atoms with Gasteiger partial charge in [-0.25, -0.2) is 4.79 Å². The third-order valence-electron chi connectivity index (χ3n) is 3.42. The van der Waals surface area contributed by atoms with E-state index in [2.05, 4.69) is 17.4 Å². The Hall–Kier alpha value is -1.55. The maximum absolute atomic E-state index is 11.5. The molecule has 0 unspecified atom stereocenters. The quantitative estimate of drug-likeness (QED) is 0.892. The van der Waals surface area contributed by atoms with Gasteiger partial charge < -0.3 is 15.2 Å². The van der Waals surface area contributed by atoms with E-state index in [0.29, 0.717) is 25.8 Å². The average Bonchev–Trinajstić information content (AvgIpc) is 2.62. The summed E-state index contributed by atoms with van der Waals surface area (Å²) in [6.45, 7) is 5.90. The van der Waals surface area contributed by atoms with Crippen LogP contribution in [0.15, 0.2) is 24.3 Å². The fourth-order valence-electron chi connectivity index (χ4n) is 2.56. The summed E-state index contributed by atoms with van der Waals surface area (Å²) < 4.78 is 5.17. The third-order valence-corrected chi connectivity index (χ3v) is 3.42. The second kappa shape index (κ2) is 5.44. The number of rotatable bonds is 3. The molecule has 0 heterocycles. The normalized spacial score (nSPS) is 16.6. The minimum atomic E-state index is -0.751. The first kappa shape index (κ1) is 14.9. The maximum atomic E-state index is 11.5. The number of aliphatic hydroxyl groups is 1. The molecule has 110 valence electrons. The number of hydrogen-bond donors (Lipinski definition) is 2. The second-order valence-corrected chi connectivity index (χ2v) is 6.53. The Morgan fingerprint density at radius 1 is 1.30 bits per heavy atom. The minimum Gasteiger partial charge on any atom is -0.444 e. The molecule has 4 heteroatoms. The molecule has 2 rings (SSSR count). The lowest BCUT2D eigenvalue weighted by molar-refractivity contribution is 0.0360. The van der Waals surface area contributed by atoms with Gasteiger partial charge in [-0.2, -0.15) is 0 Å². The molecule has 1 aliphatic rings. The van der Waals surface area contributed by atoms with E-state index in [-0.39, 0.29) is 0 Å². The summed E-state index contributed by atoms with van der Waals surface area (Å²) in [6.07, 6.45) is 1.40. The summed E-state index contributed by atoms with van der Waals surface area (Å²) in [5, 5.41) is 13.3. The zero-order valence-corrected chi connectivity index (χ0v) is 12.4. The molecule has 1 aromatic carbocycles. The molecular formula is C16H23NO3. The molecule has 1 amide bonds. The van der Waals surface area contributed by atoms with Crippen LogP contribution in [0.4, 0.5) is 4.79 Å². The van der Waals surface area contributed by atoms with Crippen LogP contribution in [0.5, 0.6) is 0 Å². The summed E-state index contributed by atoms with van der Waals surface area (Å²) in [4.78, 5) is 11.5. The van der Waals surface area contributed by atoms with Gasteiger partial charge in [-0.15, -0.1) is 0 Å². The highest BCUT2D eigenvalue weighted by Gasteiger charge is 2.34. The Morgan fingerprint density at radius 2 is 1.85 bits per heavy atom. The second-order valence-electron chi connectivity index (χ2n) is 6.53. The van der Waals surface area contributed by atoms with Gasteiger partial charge in [0.25, 0.3) is 0 Å².